The third-order valence-corrected chi connectivity index (χ3v) is 4.91. The molecule has 0 spiro atoms. The van der Waals surface area contributed by atoms with Crippen molar-refractivity contribution in [1.82, 2.24) is 19.4 Å². The van der Waals surface area contributed by atoms with Crippen molar-refractivity contribution >= 4 is 11.6 Å². The summed E-state index contributed by atoms with van der Waals surface area (Å²) in [5.74, 6) is 0.0471. The second kappa shape index (κ2) is 9.21. The molecule has 172 valence electrons. The maximum absolute atomic E-state index is 14.7. The normalized spacial score (nSPS) is 11.1. The molecule has 0 radical (unpaired) electrons. The smallest absolute Gasteiger partial charge is 0.229 e. The summed E-state index contributed by atoms with van der Waals surface area (Å²) in [4.78, 5) is 10.4. The van der Waals surface area contributed by atoms with Gasteiger partial charge in [0.05, 0.1) is 32.9 Å². The van der Waals surface area contributed by atoms with Gasteiger partial charge in [-0.15, -0.1) is 0 Å². The minimum absolute atomic E-state index is 0.0759. The van der Waals surface area contributed by atoms with E-state index in [1.54, 1.807) is 29.4 Å². The van der Waals surface area contributed by atoms with E-state index in [0.29, 0.717) is 18.0 Å². The Morgan fingerprint density at radius 3 is 2.70 bits per heavy atom. The maximum atomic E-state index is 14.7. The van der Waals surface area contributed by atoms with Crippen LogP contribution in [-0.4, -0.2) is 52.9 Å². The highest BCUT2D eigenvalue weighted by molar-refractivity contribution is 5.67. The highest BCUT2D eigenvalue weighted by atomic mass is 19.1. The molecule has 0 amide bonds. The number of halogens is 1. The molecule has 0 bridgehead atoms. The molecule has 33 heavy (non-hydrogen) atoms. The monoisotopic (exact) mass is 453 g/mol. The molecule has 3 heterocycles. The zero-order valence-electron chi connectivity index (χ0n) is 18.7. The summed E-state index contributed by atoms with van der Waals surface area (Å²) in [5.41, 5.74) is 3.23. The number of aromatic hydroxyl groups is 1. The summed E-state index contributed by atoms with van der Waals surface area (Å²) < 4.78 is 32.0. The van der Waals surface area contributed by atoms with E-state index < -0.39 is 5.82 Å². The van der Waals surface area contributed by atoms with Crippen molar-refractivity contribution in [3.8, 4) is 34.2 Å². The first kappa shape index (κ1) is 22.2. The zero-order valence-corrected chi connectivity index (χ0v) is 18.7. The summed E-state index contributed by atoms with van der Waals surface area (Å²) in [6.45, 7) is 0.649. The standard InChI is InChI=1S/C23H24FN5O4/c1-28(2)10-15-11-29(12-17(15)14-5-6-33-13-14)22-18(24)9-25-23(27-22)26-16-7-19(30)21(32-4)20(8-16)31-3/h5-9,11-13,30H,10H2,1-4H3,(H,25,26,27). The van der Waals surface area contributed by atoms with Crippen LogP contribution in [0.1, 0.15) is 5.56 Å². The lowest BCUT2D eigenvalue weighted by molar-refractivity contribution is 0.333. The van der Waals surface area contributed by atoms with Crippen LogP contribution in [0, 0.1) is 5.82 Å². The molecule has 0 aliphatic heterocycles. The van der Waals surface area contributed by atoms with E-state index in [9.17, 15) is 9.50 Å². The molecule has 9 nitrogen and oxygen atoms in total. The SMILES string of the molecule is COc1cc(Nc2ncc(F)c(-n3cc(CN(C)C)c(-c4ccoc4)c3)n2)cc(O)c1OC. The first-order chi connectivity index (χ1) is 15.9. The summed E-state index contributed by atoms with van der Waals surface area (Å²) in [6.07, 6.45) is 7.97. The van der Waals surface area contributed by atoms with Crippen LogP contribution in [0.3, 0.4) is 0 Å². The third kappa shape index (κ3) is 4.60. The number of rotatable bonds is 8. The van der Waals surface area contributed by atoms with E-state index in [-0.39, 0.29) is 23.3 Å². The number of phenols is 1. The molecule has 0 aliphatic carbocycles. The summed E-state index contributed by atoms with van der Waals surface area (Å²) >= 11 is 0. The van der Waals surface area contributed by atoms with Gasteiger partial charge in [-0.3, -0.25) is 0 Å². The van der Waals surface area contributed by atoms with E-state index in [0.717, 1.165) is 22.9 Å². The van der Waals surface area contributed by atoms with E-state index >= 15 is 0 Å². The van der Waals surface area contributed by atoms with Gasteiger partial charge in [0.25, 0.3) is 0 Å². The molecule has 4 rings (SSSR count). The molecular weight excluding hydrogens is 429 g/mol. The minimum atomic E-state index is -0.583. The van der Waals surface area contributed by atoms with Crippen LogP contribution in [0.15, 0.2) is 53.7 Å². The number of nitrogens with zero attached hydrogens (tertiary/aromatic N) is 4. The van der Waals surface area contributed by atoms with Crippen molar-refractivity contribution in [2.75, 3.05) is 33.6 Å². The van der Waals surface area contributed by atoms with Gasteiger partial charge >= 0.3 is 0 Å². The Labute approximate surface area is 190 Å². The van der Waals surface area contributed by atoms with Crippen LogP contribution in [-0.2, 0) is 6.54 Å². The van der Waals surface area contributed by atoms with Crippen LogP contribution in [0.25, 0.3) is 16.9 Å². The van der Waals surface area contributed by atoms with Crippen molar-refractivity contribution in [2.24, 2.45) is 0 Å². The lowest BCUT2D eigenvalue weighted by Gasteiger charge is -2.13. The fraction of sp³-hybridized carbons (Fsp3) is 0.217. The summed E-state index contributed by atoms with van der Waals surface area (Å²) in [7, 11) is 6.81. The van der Waals surface area contributed by atoms with Crippen molar-refractivity contribution in [1.29, 1.82) is 0 Å². The number of furan rings is 1. The lowest BCUT2D eigenvalue weighted by atomic mass is 10.1. The topological polar surface area (TPSA) is 97.8 Å². The molecular formula is C23H24FN5O4. The van der Waals surface area contributed by atoms with Gasteiger partial charge in [0.1, 0.15) is 0 Å². The number of nitrogens with one attached hydrogen (secondary N) is 1. The molecule has 0 fully saturated rings. The van der Waals surface area contributed by atoms with Gasteiger partial charge in [-0.25, -0.2) is 9.37 Å². The maximum Gasteiger partial charge on any atom is 0.229 e. The largest absolute Gasteiger partial charge is 0.504 e. The predicted molar refractivity (Wildman–Crippen MR) is 121 cm³/mol. The number of ether oxygens (including phenoxy) is 2. The van der Waals surface area contributed by atoms with Gasteiger partial charge in [-0.2, -0.15) is 4.98 Å². The van der Waals surface area contributed by atoms with Gasteiger partial charge < -0.3 is 33.8 Å². The molecule has 0 saturated carbocycles. The van der Waals surface area contributed by atoms with E-state index in [1.165, 1.54) is 20.3 Å². The number of aromatic nitrogens is 3. The van der Waals surface area contributed by atoms with Gasteiger partial charge in [0.15, 0.2) is 23.1 Å². The number of hydrogen-bond donors (Lipinski definition) is 2. The number of anilines is 2. The second-order valence-electron chi connectivity index (χ2n) is 7.58. The third-order valence-electron chi connectivity index (χ3n) is 4.91. The molecule has 0 atom stereocenters. The second-order valence-corrected chi connectivity index (χ2v) is 7.58. The lowest BCUT2D eigenvalue weighted by Crippen LogP contribution is -2.10. The quantitative estimate of drug-likeness (QED) is 0.410. The highest BCUT2D eigenvalue weighted by Crippen LogP contribution is 2.39. The average molecular weight is 453 g/mol. The van der Waals surface area contributed by atoms with Crippen molar-refractivity contribution in [3.05, 3.63) is 60.7 Å². The van der Waals surface area contributed by atoms with E-state index in [2.05, 4.69) is 15.3 Å². The number of benzene rings is 1. The zero-order chi connectivity index (χ0) is 23.5. The first-order valence-corrected chi connectivity index (χ1v) is 10.0. The van der Waals surface area contributed by atoms with Crippen LogP contribution in [0.4, 0.5) is 16.0 Å². The fourth-order valence-electron chi connectivity index (χ4n) is 3.51. The molecule has 0 saturated heterocycles. The van der Waals surface area contributed by atoms with Gasteiger partial charge in [0.2, 0.25) is 11.7 Å². The molecule has 0 unspecified atom stereocenters. The van der Waals surface area contributed by atoms with Crippen LogP contribution < -0.4 is 14.8 Å². The van der Waals surface area contributed by atoms with Crippen molar-refractivity contribution in [3.63, 3.8) is 0 Å². The van der Waals surface area contributed by atoms with Gasteiger partial charge in [-0.05, 0) is 25.7 Å². The summed E-state index contributed by atoms with van der Waals surface area (Å²) in [5, 5.41) is 13.2. The number of methoxy groups -OCH3 is 2. The van der Waals surface area contributed by atoms with Crippen molar-refractivity contribution in [2.45, 2.75) is 6.54 Å². The molecule has 4 aromatic rings. The average Bonchev–Trinajstić information content (AvgIpc) is 3.44. The minimum Gasteiger partial charge on any atom is -0.504 e. The Balaban J connectivity index is 1.71. The highest BCUT2D eigenvalue weighted by Gasteiger charge is 2.17. The van der Waals surface area contributed by atoms with Crippen LogP contribution in [0.2, 0.25) is 0 Å². The van der Waals surface area contributed by atoms with Crippen LogP contribution >= 0.6 is 0 Å². The fourth-order valence-corrected chi connectivity index (χ4v) is 3.51. The van der Waals surface area contributed by atoms with Crippen LogP contribution in [0.5, 0.6) is 17.2 Å². The Morgan fingerprint density at radius 2 is 2.03 bits per heavy atom. The number of hydrogen-bond acceptors (Lipinski definition) is 8. The van der Waals surface area contributed by atoms with Gasteiger partial charge in [-0.1, -0.05) is 0 Å². The van der Waals surface area contributed by atoms with Crippen molar-refractivity contribution < 1.29 is 23.4 Å². The molecule has 2 N–H and O–H groups in total. The summed E-state index contributed by atoms with van der Waals surface area (Å²) in [6, 6.07) is 4.91. The molecule has 0 aliphatic rings. The number of phenolic OH excluding ortho intramolecular Hbond substituents is 1. The van der Waals surface area contributed by atoms with E-state index in [1.807, 2.05) is 31.3 Å². The molecule has 1 aromatic carbocycles. The van der Waals surface area contributed by atoms with Gasteiger partial charge in [0, 0.05) is 47.9 Å². The first-order valence-electron chi connectivity index (χ1n) is 10.0. The molecule has 10 heteroatoms. The Bertz CT molecular complexity index is 1250. The predicted octanol–water partition coefficient (Wildman–Crippen LogP) is 4.19. The molecule has 3 aromatic heterocycles. The Hall–Kier alpha value is -4.05. The Morgan fingerprint density at radius 1 is 1.21 bits per heavy atom. The van der Waals surface area contributed by atoms with E-state index in [4.69, 9.17) is 13.9 Å². The Kier molecular flexibility index (Phi) is 6.18.